The third kappa shape index (κ3) is 3.22. The molecule has 0 spiro atoms. The summed E-state index contributed by atoms with van der Waals surface area (Å²) in [5, 5.41) is 2.21. The van der Waals surface area contributed by atoms with Crippen molar-refractivity contribution in [2.24, 2.45) is 34.5 Å². The molecular formula is C27H39NOS. The topological polar surface area (TPSA) is 20.3 Å². The van der Waals surface area contributed by atoms with Crippen LogP contribution in [0.15, 0.2) is 29.7 Å². The molecule has 7 atom stereocenters. The van der Waals surface area contributed by atoms with Crippen LogP contribution < -0.4 is 0 Å². The molecule has 2 nitrogen and oxygen atoms in total. The first-order valence-electron chi connectivity index (χ1n) is 12.4. The van der Waals surface area contributed by atoms with Gasteiger partial charge in [0, 0.05) is 23.4 Å². The fourth-order valence-corrected chi connectivity index (χ4v) is 9.22. The van der Waals surface area contributed by atoms with Crippen LogP contribution in [0.5, 0.6) is 0 Å². The molecule has 0 N–H and O–H groups in total. The van der Waals surface area contributed by atoms with Crippen LogP contribution in [-0.2, 0) is 11.2 Å². The number of fused-ring (bicyclic) bond motifs is 5. The second-order valence-electron chi connectivity index (χ2n) is 11.3. The fourth-order valence-electron chi connectivity index (χ4n) is 8.47. The van der Waals surface area contributed by atoms with Gasteiger partial charge in [0.1, 0.15) is 0 Å². The van der Waals surface area contributed by atoms with Gasteiger partial charge < -0.3 is 4.90 Å². The van der Waals surface area contributed by atoms with Gasteiger partial charge in [0.15, 0.2) is 0 Å². The number of aryl methyl sites for hydroxylation is 1. The first-order chi connectivity index (χ1) is 14.4. The standard InChI is InChI=1S/C27H39NOS/c1-26-16-14-23-21(11-13-24-27(23,2)17-15-25(29)28(24)3)22(26)12-10-19(26)7-4-5-8-20-9-6-18-30-20/h6,9,15,17-19,21-24H,4-5,7-8,10-14,16H2,1-3H3/t19-,21-,22-,23-,24+,26+,27+/m0/s1. The van der Waals surface area contributed by atoms with E-state index in [-0.39, 0.29) is 11.3 Å². The zero-order valence-electron chi connectivity index (χ0n) is 19.1. The highest BCUT2D eigenvalue weighted by molar-refractivity contribution is 7.09. The molecule has 30 heavy (non-hydrogen) atoms. The number of hydrogen-bond acceptors (Lipinski definition) is 2. The van der Waals surface area contributed by atoms with Crippen molar-refractivity contribution >= 4 is 17.2 Å². The zero-order chi connectivity index (χ0) is 20.9. The SMILES string of the molecule is CN1C(=O)C=C[C@]2(C)[C@H]3CC[C@]4(C)[C@@H](CCCCc5cccs5)CC[C@H]4[C@@H]3CC[C@@H]12. The molecule has 3 saturated carbocycles. The number of thiophene rings is 1. The highest BCUT2D eigenvalue weighted by Gasteiger charge is 2.60. The predicted molar refractivity (Wildman–Crippen MR) is 125 cm³/mol. The van der Waals surface area contributed by atoms with Crippen molar-refractivity contribution in [3.05, 3.63) is 34.5 Å². The van der Waals surface area contributed by atoms with Gasteiger partial charge in [0.05, 0.1) is 0 Å². The van der Waals surface area contributed by atoms with Gasteiger partial charge in [0.2, 0.25) is 5.91 Å². The van der Waals surface area contributed by atoms with E-state index in [1.807, 2.05) is 24.5 Å². The van der Waals surface area contributed by atoms with E-state index in [0.29, 0.717) is 11.5 Å². The summed E-state index contributed by atoms with van der Waals surface area (Å²) in [5.74, 6) is 3.68. The van der Waals surface area contributed by atoms with Gasteiger partial charge >= 0.3 is 0 Å². The van der Waals surface area contributed by atoms with Crippen molar-refractivity contribution < 1.29 is 4.79 Å². The van der Waals surface area contributed by atoms with Gasteiger partial charge in [-0.15, -0.1) is 11.3 Å². The molecule has 0 unspecified atom stereocenters. The lowest BCUT2D eigenvalue weighted by Crippen LogP contribution is -2.59. The van der Waals surface area contributed by atoms with Crippen molar-refractivity contribution in [1.82, 2.24) is 4.90 Å². The number of carbonyl (C=O) groups is 1. The summed E-state index contributed by atoms with van der Waals surface area (Å²) in [6.07, 6.45) is 17.9. The van der Waals surface area contributed by atoms with E-state index in [1.165, 1.54) is 64.2 Å². The molecule has 1 aromatic rings. The van der Waals surface area contributed by atoms with E-state index in [2.05, 4.69) is 42.3 Å². The molecule has 0 radical (unpaired) electrons. The Morgan fingerprint density at radius 2 is 1.97 bits per heavy atom. The second-order valence-corrected chi connectivity index (χ2v) is 12.3. The van der Waals surface area contributed by atoms with Crippen LogP contribution in [0.25, 0.3) is 0 Å². The van der Waals surface area contributed by atoms with E-state index in [4.69, 9.17) is 0 Å². The van der Waals surface area contributed by atoms with E-state index < -0.39 is 0 Å². The summed E-state index contributed by atoms with van der Waals surface area (Å²) in [4.78, 5) is 15.9. The normalized spacial score (nSPS) is 42.7. The summed E-state index contributed by atoms with van der Waals surface area (Å²) >= 11 is 1.91. The number of amides is 1. The van der Waals surface area contributed by atoms with E-state index in [0.717, 1.165) is 23.7 Å². The van der Waals surface area contributed by atoms with Gasteiger partial charge in [-0.2, -0.15) is 0 Å². The minimum atomic E-state index is 0.186. The van der Waals surface area contributed by atoms with E-state index in [9.17, 15) is 4.79 Å². The average molecular weight is 426 g/mol. The third-order valence-electron chi connectivity index (χ3n) is 10.1. The molecular weight excluding hydrogens is 386 g/mol. The van der Waals surface area contributed by atoms with Crippen LogP contribution in [0.2, 0.25) is 0 Å². The maximum Gasteiger partial charge on any atom is 0.246 e. The Morgan fingerprint density at radius 1 is 1.10 bits per heavy atom. The molecule has 0 aromatic carbocycles. The smallest absolute Gasteiger partial charge is 0.246 e. The van der Waals surface area contributed by atoms with Gasteiger partial charge in [-0.3, -0.25) is 4.79 Å². The quantitative estimate of drug-likeness (QED) is 0.480. The number of unbranched alkanes of at least 4 members (excludes halogenated alkanes) is 1. The van der Waals surface area contributed by atoms with Gasteiger partial charge in [0.25, 0.3) is 0 Å². The Labute approximate surface area is 187 Å². The van der Waals surface area contributed by atoms with Crippen LogP contribution in [0.4, 0.5) is 0 Å². The summed E-state index contributed by atoms with van der Waals surface area (Å²) in [7, 11) is 2.03. The van der Waals surface area contributed by atoms with Gasteiger partial charge in [-0.1, -0.05) is 32.4 Å². The van der Waals surface area contributed by atoms with Crippen molar-refractivity contribution in [3.8, 4) is 0 Å². The highest BCUT2D eigenvalue weighted by atomic mass is 32.1. The summed E-state index contributed by atoms with van der Waals surface area (Å²) in [5.41, 5.74) is 0.749. The monoisotopic (exact) mass is 425 g/mol. The predicted octanol–water partition coefficient (Wildman–Crippen LogP) is 6.72. The molecule has 164 valence electrons. The minimum absolute atomic E-state index is 0.186. The molecule has 1 aliphatic heterocycles. The van der Waals surface area contributed by atoms with Crippen LogP contribution in [0.1, 0.15) is 76.5 Å². The molecule has 3 heteroatoms. The Hall–Kier alpha value is -1.09. The van der Waals surface area contributed by atoms with Crippen molar-refractivity contribution in [1.29, 1.82) is 0 Å². The summed E-state index contributed by atoms with van der Waals surface area (Å²) in [6, 6.07) is 4.89. The fraction of sp³-hybridized carbons (Fsp3) is 0.741. The largest absolute Gasteiger partial charge is 0.338 e. The lowest BCUT2D eigenvalue weighted by Gasteiger charge is -2.60. The molecule has 3 fully saturated rings. The zero-order valence-corrected chi connectivity index (χ0v) is 19.9. The van der Waals surface area contributed by atoms with Gasteiger partial charge in [-0.05, 0) is 104 Å². The van der Waals surface area contributed by atoms with Crippen LogP contribution in [0.3, 0.4) is 0 Å². The Balaban J connectivity index is 1.26. The third-order valence-corrected chi connectivity index (χ3v) is 11.1. The number of nitrogens with zero attached hydrogens (tertiary/aromatic N) is 1. The number of likely N-dealkylation sites (N-methyl/N-ethyl adjacent to an activating group) is 1. The average Bonchev–Trinajstić information content (AvgIpc) is 3.36. The van der Waals surface area contributed by atoms with Crippen LogP contribution in [0, 0.1) is 34.5 Å². The minimum Gasteiger partial charge on any atom is -0.338 e. The Morgan fingerprint density at radius 3 is 2.77 bits per heavy atom. The van der Waals surface area contributed by atoms with E-state index in [1.54, 1.807) is 4.88 Å². The summed E-state index contributed by atoms with van der Waals surface area (Å²) in [6.45, 7) is 5.12. The van der Waals surface area contributed by atoms with E-state index >= 15 is 0 Å². The van der Waals surface area contributed by atoms with Crippen molar-refractivity contribution in [2.45, 2.75) is 84.1 Å². The molecule has 3 aliphatic carbocycles. The molecule has 2 heterocycles. The molecule has 1 aromatic heterocycles. The Kier molecular flexibility index (Phi) is 5.40. The molecule has 0 saturated heterocycles. The van der Waals surface area contributed by atoms with Crippen LogP contribution >= 0.6 is 11.3 Å². The highest BCUT2D eigenvalue weighted by Crippen LogP contribution is 2.66. The first kappa shape index (κ1) is 20.8. The molecule has 5 rings (SSSR count). The molecule has 4 aliphatic rings. The number of carbonyl (C=O) groups excluding carboxylic acids is 1. The van der Waals surface area contributed by atoms with Crippen molar-refractivity contribution in [2.75, 3.05) is 7.05 Å². The van der Waals surface area contributed by atoms with Gasteiger partial charge in [-0.25, -0.2) is 0 Å². The van der Waals surface area contributed by atoms with Crippen LogP contribution in [-0.4, -0.2) is 23.9 Å². The maximum absolute atomic E-state index is 12.3. The molecule has 0 bridgehead atoms. The lowest BCUT2D eigenvalue weighted by atomic mass is 9.47. The first-order valence-corrected chi connectivity index (χ1v) is 13.3. The second kappa shape index (κ2) is 7.80. The number of rotatable bonds is 5. The summed E-state index contributed by atoms with van der Waals surface area (Å²) < 4.78 is 0. The number of hydrogen-bond donors (Lipinski definition) is 0. The lowest BCUT2D eigenvalue weighted by molar-refractivity contribution is -0.138. The maximum atomic E-state index is 12.3. The Bertz CT molecular complexity index is 800. The van der Waals surface area contributed by atoms with Crippen molar-refractivity contribution in [3.63, 3.8) is 0 Å². The molecule has 1 amide bonds.